The molecule has 0 unspecified atom stereocenters. The van der Waals surface area contributed by atoms with E-state index >= 15 is 0 Å². The lowest BCUT2D eigenvalue weighted by Gasteiger charge is -2.38. The topological polar surface area (TPSA) is 69.7 Å². The van der Waals surface area contributed by atoms with E-state index in [-0.39, 0.29) is 0 Å². The van der Waals surface area contributed by atoms with Crippen molar-refractivity contribution in [1.29, 1.82) is 0 Å². The molecule has 0 spiro atoms. The molecule has 8 nitrogen and oxygen atoms in total. The number of piperazine rings is 1. The van der Waals surface area contributed by atoms with Crippen LogP contribution in [0.5, 0.6) is 5.75 Å². The summed E-state index contributed by atoms with van der Waals surface area (Å²) >= 11 is 0. The van der Waals surface area contributed by atoms with Crippen molar-refractivity contribution in [2.75, 3.05) is 51.9 Å². The van der Waals surface area contributed by atoms with Gasteiger partial charge < -0.3 is 19.3 Å². The van der Waals surface area contributed by atoms with E-state index in [1.807, 2.05) is 16.8 Å². The number of benzene rings is 1. The van der Waals surface area contributed by atoms with Crippen LogP contribution in [0.25, 0.3) is 0 Å². The van der Waals surface area contributed by atoms with Crippen LogP contribution in [0.1, 0.15) is 32.1 Å². The van der Waals surface area contributed by atoms with Gasteiger partial charge in [0.05, 0.1) is 52.1 Å². The third-order valence-corrected chi connectivity index (χ3v) is 5.41. The molecule has 0 amide bonds. The fourth-order valence-corrected chi connectivity index (χ4v) is 4.00. The molecule has 154 valence electrons. The molecule has 0 saturated carbocycles. The van der Waals surface area contributed by atoms with E-state index in [1.165, 1.54) is 5.69 Å². The molecule has 1 aromatic carbocycles. The summed E-state index contributed by atoms with van der Waals surface area (Å²) < 4.78 is 12.7. The average molecular weight is 390 g/mol. The molecule has 2 aromatic rings. The van der Waals surface area contributed by atoms with Crippen LogP contribution in [-0.4, -0.2) is 67.2 Å². The number of anilines is 1. The minimum atomic E-state index is 0.298. The summed E-state index contributed by atoms with van der Waals surface area (Å²) in [5, 5.41) is 12.5. The monoisotopic (exact) mass is 389 g/mol. The van der Waals surface area contributed by atoms with Crippen LogP contribution >= 0.6 is 0 Å². The largest absolute Gasteiger partial charge is 0.495 e. The lowest BCUT2D eigenvalue weighted by Crippen LogP contribution is -3.15. The summed E-state index contributed by atoms with van der Waals surface area (Å²) in [6.07, 6.45) is 1.07. The average Bonchev–Trinajstić information content (AvgIpc) is 3.18. The Hall–Kier alpha value is -2.19. The fourth-order valence-electron chi connectivity index (χ4n) is 4.00. The zero-order valence-corrected chi connectivity index (χ0v) is 17.5. The molecule has 1 fully saturated rings. The van der Waals surface area contributed by atoms with Gasteiger partial charge in [0, 0.05) is 13.5 Å². The minimum absolute atomic E-state index is 0.298. The molecule has 1 saturated heterocycles. The SMILES string of the molecule is COCCn1nnnc1[C@@H](CC(C)C)[NH+]1CCN(c2ccccc2OC)CC1. The first-order valence-electron chi connectivity index (χ1n) is 10.1. The first kappa shape index (κ1) is 20.5. The van der Waals surface area contributed by atoms with Crippen molar-refractivity contribution >= 4 is 5.69 Å². The first-order valence-corrected chi connectivity index (χ1v) is 10.1. The van der Waals surface area contributed by atoms with E-state index in [1.54, 1.807) is 19.1 Å². The lowest BCUT2D eigenvalue weighted by atomic mass is 10.0. The molecule has 8 heteroatoms. The number of para-hydroxylation sites is 2. The predicted molar refractivity (Wildman–Crippen MR) is 108 cm³/mol. The highest BCUT2D eigenvalue weighted by Gasteiger charge is 2.33. The van der Waals surface area contributed by atoms with Gasteiger partial charge in [-0.05, 0) is 28.5 Å². The van der Waals surface area contributed by atoms with Crippen LogP contribution in [0.3, 0.4) is 0 Å². The van der Waals surface area contributed by atoms with Gasteiger partial charge in [-0.1, -0.05) is 26.0 Å². The van der Waals surface area contributed by atoms with Crippen molar-refractivity contribution < 1.29 is 14.4 Å². The van der Waals surface area contributed by atoms with Crippen molar-refractivity contribution in [2.45, 2.75) is 32.9 Å². The summed E-state index contributed by atoms with van der Waals surface area (Å²) in [5.41, 5.74) is 1.18. The number of methoxy groups -OCH3 is 2. The van der Waals surface area contributed by atoms with Crippen LogP contribution in [0.15, 0.2) is 24.3 Å². The van der Waals surface area contributed by atoms with Gasteiger partial charge >= 0.3 is 0 Å². The van der Waals surface area contributed by atoms with E-state index in [0.29, 0.717) is 25.1 Å². The maximum absolute atomic E-state index is 5.55. The molecule has 0 bridgehead atoms. The number of tetrazole rings is 1. The lowest BCUT2D eigenvalue weighted by molar-refractivity contribution is -0.934. The smallest absolute Gasteiger partial charge is 0.209 e. The number of rotatable bonds is 9. The zero-order chi connectivity index (χ0) is 19.9. The van der Waals surface area contributed by atoms with E-state index in [9.17, 15) is 0 Å². The molecule has 0 radical (unpaired) electrons. The maximum atomic E-state index is 5.55. The second-order valence-electron chi connectivity index (χ2n) is 7.75. The number of nitrogens with zero attached hydrogens (tertiary/aromatic N) is 5. The summed E-state index contributed by atoms with van der Waals surface area (Å²) in [6.45, 7) is 9.91. The number of nitrogens with one attached hydrogen (secondary N) is 1. The van der Waals surface area contributed by atoms with Crippen molar-refractivity contribution in [1.82, 2.24) is 20.2 Å². The van der Waals surface area contributed by atoms with Crippen molar-refractivity contribution in [3.63, 3.8) is 0 Å². The van der Waals surface area contributed by atoms with Crippen molar-refractivity contribution in [2.24, 2.45) is 5.92 Å². The number of ether oxygens (including phenoxy) is 2. The van der Waals surface area contributed by atoms with Crippen LogP contribution < -0.4 is 14.5 Å². The molecule has 1 aliphatic rings. The Morgan fingerprint density at radius 1 is 1.14 bits per heavy atom. The molecule has 1 N–H and O–H groups in total. The standard InChI is InChI=1S/C20H32N6O2/c1-16(2)15-18(20-21-22-23-26(20)13-14-27-3)25-11-9-24(10-12-25)17-7-5-6-8-19(17)28-4/h5-8,16,18H,9-15H2,1-4H3/p+1/t18-/m1/s1. The van der Waals surface area contributed by atoms with Gasteiger partial charge in [-0.2, -0.15) is 0 Å². The van der Waals surface area contributed by atoms with Gasteiger partial charge in [-0.15, -0.1) is 5.10 Å². The zero-order valence-electron chi connectivity index (χ0n) is 17.5. The van der Waals surface area contributed by atoms with Gasteiger partial charge in [-0.3, -0.25) is 0 Å². The number of aromatic nitrogens is 4. The predicted octanol–water partition coefficient (Wildman–Crippen LogP) is 0.820. The Labute approximate surface area is 167 Å². The van der Waals surface area contributed by atoms with Gasteiger partial charge in [0.2, 0.25) is 5.82 Å². The Morgan fingerprint density at radius 3 is 2.57 bits per heavy atom. The maximum Gasteiger partial charge on any atom is 0.209 e. The molecule has 28 heavy (non-hydrogen) atoms. The van der Waals surface area contributed by atoms with Crippen molar-refractivity contribution in [3.05, 3.63) is 30.1 Å². The molecule has 1 aromatic heterocycles. The van der Waals surface area contributed by atoms with E-state index < -0.39 is 0 Å². The summed E-state index contributed by atoms with van der Waals surface area (Å²) in [6, 6.07) is 8.55. The third kappa shape index (κ3) is 4.80. The number of hydrogen-bond acceptors (Lipinski definition) is 6. The van der Waals surface area contributed by atoms with Gasteiger partial charge in [0.25, 0.3) is 0 Å². The van der Waals surface area contributed by atoms with Crippen LogP contribution in [0.2, 0.25) is 0 Å². The molecular formula is C20H33N6O2+. The Balaban J connectivity index is 1.72. The molecular weight excluding hydrogens is 356 g/mol. The Bertz CT molecular complexity index is 727. The minimum Gasteiger partial charge on any atom is -0.495 e. The van der Waals surface area contributed by atoms with E-state index in [2.05, 4.69) is 46.4 Å². The summed E-state index contributed by atoms with van der Waals surface area (Å²) in [5.74, 6) is 2.50. The Kier molecular flexibility index (Phi) is 7.22. The molecule has 1 atom stereocenters. The van der Waals surface area contributed by atoms with Gasteiger partial charge in [0.15, 0.2) is 0 Å². The summed E-state index contributed by atoms with van der Waals surface area (Å²) in [7, 11) is 3.44. The van der Waals surface area contributed by atoms with E-state index in [4.69, 9.17) is 9.47 Å². The highest BCUT2D eigenvalue weighted by atomic mass is 16.5. The van der Waals surface area contributed by atoms with Crippen LogP contribution in [0.4, 0.5) is 5.69 Å². The fraction of sp³-hybridized carbons (Fsp3) is 0.650. The molecule has 1 aliphatic heterocycles. The van der Waals surface area contributed by atoms with Crippen LogP contribution in [0, 0.1) is 5.92 Å². The number of hydrogen-bond donors (Lipinski definition) is 1. The van der Waals surface area contributed by atoms with Gasteiger partial charge in [0.1, 0.15) is 11.8 Å². The van der Waals surface area contributed by atoms with Crippen molar-refractivity contribution in [3.8, 4) is 5.75 Å². The third-order valence-electron chi connectivity index (χ3n) is 5.41. The number of quaternary nitrogens is 1. The second kappa shape index (κ2) is 9.84. The van der Waals surface area contributed by atoms with Gasteiger partial charge in [-0.25, -0.2) is 4.68 Å². The highest BCUT2D eigenvalue weighted by molar-refractivity contribution is 5.58. The Morgan fingerprint density at radius 2 is 1.89 bits per heavy atom. The first-order chi connectivity index (χ1) is 13.6. The second-order valence-corrected chi connectivity index (χ2v) is 7.75. The van der Waals surface area contributed by atoms with E-state index in [0.717, 1.165) is 44.2 Å². The highest BCUT2D eigenvalue weighted by Crippen LogP contribution is 2.27. The quantitative estimate of drug-likeness (QED) is 0.685. The van der Waals surface area contributed by atoms with Crippen LogP contribution in [-0.2, 0) is 11.3 Å². The molecule has 3 rings (SSSR count). The summed E-state index contributed by atoms with van der Waals surface area (Å²) in [4.78, 5) is 3.97. The molecule has 0 aliphatic carbocycles. The normalized spacial score (nSPS) is 16.5. The molecule has 2 heterocycles.